The third-order valence-electron chi connectivity index (χ3n) is 5.25. The first-order valence-corrected chi connectivity index (χ1v) is 9.63. The van der Waals surface area contributed by atoms with Crippen LogP contribution in [0.1, 0.15) is 20.7 Å². The highest BCUT2D eigenvalue weighted by atomic mass is 16.4. The SMILES string of the molecule is O=C([O-])c1cccc(C(=O)N2CCN(c3ccc(-c4ccccc4)cc3)CC2)c1. The minimum absolute atomic E-state index is 0.0213. The second-order valence-electron chi connectivity index (χ2n) is 7.06. The Morgan fingerprint density at radius 3 is 1.97 bits per heavy atom. The highest BCUT2D eigenvalue weighted by Gasteiger charge is 2.22. The lowest BCUT2D eigenvalue weighted by molar-refractivity contribution is -0.255. The second kappa shape index (κ2) is 8.19. The molecule has 0 spiro atoms. The third-order valence-corrected chi connectivity index (χ3v) is 5.25. The van der Waals surface area contributed by atoms with Crippen molar-refractivity contribution in [3.63, 3.8) is 0 Å². The number of benzene rings is 3. The molecule has 0 radical (unpaired) electrons. The van der Waals surface area contributed by atoms with E-state index in [0.717, 1.165) is 18.8 Å². The Balaban J connectivity index is 1.40. The Morgan fingerprint density at radius 2 is 1.31 bits per heavy atom. The standard InChI is InChI=1S/C24H22N2O3/c27-23(20-7-4-8-21(17-20)24(28)29)26-15-13-25(14-16-26)22-11-9-19(10-12-22)18-5-2-1-3-6-18/h1-12,17H,13-16H2,(H,28,29)/p-1. The number of carbonyl (C=O) groups is 2. The van der Waals surface area contributed by atoms with Crippen molar-refractivity contribution in [3.8, 4) is 11.1 Å². The molecule has 4 rings (SSSR count). The van der Waals surface area contributed by atoms with Gasteiger partial charge >= 0.3 is 0 Å². The minimum atomic E-state index is -1.27. The summed E-state index contributed by atoms with van der Waals surface area (Å²) in [4.78, 5) is 27.8. The van der Waals surface area contributed by atoms with Crippen molar-refractivity contribution < 1.29 is 14.7 Å². The number of anilines is 1. The van der Waals surface area contributed by atoms with Gasteiger partial charge in [0.1, 0.15) is 0 Å². The van der Waals surface area contributed by atoms with E-state index < -0.39 is 5.97 Å². The van der Waals surface area contributed by atoms with Gasteiger partial charge < -0.3 is 19.7 Å². The summed E-state index contributed by atoms with van der Waals surface area (Å²) in [5.74, 6) is -1.42. The van der Waals surface area contributed by atoms with E-state index in [1.165, 1.54) is 23.3 Å². The molecule has 0 unspecified atom stereocenters. The maximum absolute atomic E-state index is 12.7. The second-order valence-corrected chi connectivity index (χ2v) is 7.06. The van der Waals surface area contributed by atoms with Gasteiger partial charge in [-0.2, -0.15) is 0 Å². The highest BCUT2D eigenvalue weighted by Crippen LogP contribution is 2.24. The summed E-state index contributed by atoms with van der Waals surface area (Å²) >= 11 is 0. The van der Waals surface area contributed by atoms with Crippen LogP contribution in [-0.4, -0.2) is 43.0 Å². The molecule has 0 atom stereocenters. The van der Waals surface area contributed by atoms with Gasteiger partial charge in [0.05, 0.1) is 5.97 Å². The molecule has 1 fully saturated rings. The van der Waals surface area contributed by atoms with Gasteiger partial charge in [-0.05, 0) is 41.0 Å². The fraction of sp³-hybridized carbons (Fsp3) is 0.167. The lowest BCUT2D eigenvalue weighted by Gasteiger charge is -2.36. The van der Waals surface area contributed by atoms with Crippen LogP contribution < -0.4 is 10.0 Å². The largest absolute Gasteiger partial charge is 0.545 e. The molecule has 0 aromatic heterocycles. The molecule has 1 aliphatic heterocycles. The molecule has 5 nitrogen and oxygen atoms in total. The van der Waals surface area contributed by atoms with Crippen LogP contribution in [0, 0.1) is 0 Å². The monoisotopic (exact) mass is 385 g/mol. The van der Waals surface area contributed by atoms with E-state index >= 15 is 0 Å². The van der Waals surface area contributed by atoms with Gasteiger partial charge in [-0.25, -0.2) is 0 Å². The normalized spacial score (nSPS) is 13.9. The lowest BCUT2D eigenvalue weighted by atomic mass is 10.1. The van der Waals surface area contributed by atoms with Crippen molar-refractivity contribution in [2.24, 2.45) is 0 Å². The lowest BCUT2D eigenvalue weighted by Crippen LogP contribution is -2.48. The number of piperazine rings is 1. The number of amides is 1. The van der Waals surface area contributed by atoms with Crippen LogP contribution in [0.5, 0.6) is 0 Å². The zero-order chi connectivity index (χ0) is 20.2. The average molecular weight is 385 g/mol. The van der Waals surface area contributed by atoms with Crippen molar-refractivity contribution >= 4 is 17.6 Å². The van der Waals surface area contributed by atoms with Crippen LogP contribution in [0.4, 0.5) is 5.69 Å². The van der Waals surface area contributed by atoms with Crippen molar-refractivity contribution in [2.75, 3.05) is 31.1 Å². The summed E-state index contributed by atoms with van der Waals surface area (Å²) in [7, 11) is 0. The van der Waals surface area contributed by atoms with Crippen molar-refractivity contribution in [2.45, 2.75) is 0 Å². The van der Waals surface area contributed by atoms with Gasteiger partial charge in [0.25, 0.3) is 5.91 Å². The van der Waals surface area contributed by atoms with Crippen LogP contribution in [0.2, 0.25) is 0 Å². The molecule has 0 aliphatic carbocycles. The van der Waals surface area contributed by atoms with Crippen LogP contribution in [0.3, 0.4) is 0 Å². The van der Waals surface area contributed by atoms with E-state index in [2.05, 4.69) is 41.3 Å². The molecule has 1 amide bonds. The minimum Gasteiger partial charge on any atom is -0.545 e. The summed E-state index contributed by atoms with van der Waals surface area (Å²) in [6, 6.07) is 24.7. The van der Waals surface area contributed by atoms with Gasteiger partial charge in [0.15, 0.2) is 0 Å². The van der Waals surface area contributed by atoms with E-state index in [4.69, 9.17) is 0 Å². The Kier molecular flexibility index (Phi) is 5.29. The number of hydrogen-bond donors (Lipinski definition) is 0. The van der Waals surface area contributed by atoms with E-state index in [0.29, 0.717) is 18.7 Å². The predicted molar refractivity (Wildman–Crippen MR) is 111 cm³/mol. The molecule has 0 N–H and O–H groups in total. The molecule has 5 heteroatoms. The van der Waals surface area contributed by atoms with Crippen LogP contribution in [-0.2, 0) is 0 Å². The maximum atomic E-state index is 12.7. The topological polar surface area (TPSA) is 63.7 Å². The summed E-state index contributed by atoms with van der Waals surface area (Å²) < 4.78 is 0. The molecule has 1 saturated heterocycles. The Labute approximate surface area is 169 Å². The van der Waals surface area contributed by atoms with Gasteiger partial charge in [0, 0.05) is 37.4 Å². The Hall–Kier alpha value is -3.60. The van der Waals surface area contributed by atoms with Crippen LogP contribution in [0.25, 0.3) is 11.1 Å². The predicted octanol–water partition coefficient (Wildman–Crippen LogP) is 2.68. The number of carbonyl (C=O) groups excluding carboxylic acids is 2. The smallest absolute Gasteiger partial charge is 0.253 e. The van der Waals surface area contributed by atoms with Gasteiger partial charge in [-0.3, -0.25) is 4.79 Å². The van der Waals surface area contributed by atoms with E-state index in [1.807, 2.05) is 18.2 Å². The first-order valence-electron chi connectivity index (χ1n) is 9.63. The molecule has 29 heavy (non-hydrogen) atoms. The number of rotatable bonds is 4. The summed E-state index contributed by atoms with van der Waals surface area (Å²) in [6.45, 7) is 2.65. The fourth-order valence-electron chi connectivity index (χ4n) is 3.62. The number of aromatic carboxylic acids is 1. The zero-order valence-electron chi connectivity index (χ0n) is 16.0. The molecular weight excluding hydrogens is 364 g/mol. The maximum Gasteiger partial charge on any atom is 0.253 e. The average Bonchev–Trinajstić information content (AvgIpc) is 2.79. The van der Waals surface area contributed by atoms with Crippen LogP contribution >= 0.6 is 0 Å². The summed E-state index contributed by atoms with van der Waals surface area (Å²) in [5.41, 5.74) is 3.90. The quantitative estimate of drug-likeness (QED) is 0.693. The van der Waals surface area contributed by atoms with E-state index in [-0.39, 0.29) is 11.5 Å². The first kappa shape index (κ1) is 18.7. The Morgan fingerprint density at radius 1 is 0.690 bits per heavy atom. The summed E-state index contributed by atoms with van der Waals surface area (Å²) in [5, 5.41) is 11.0. The molecule has 0 saturated carbocycles. The van der Waals surface area contributed by atoms with Crippen molar-refractivity contribution in [3.05, 3.63) is 90.0 Å². The van der Waals surface area contributed by atoms with Gasteiger partial charge in [0.2, 0.25) is 0 Å². The number of carboxylic acids is 1. The van der Waals surface area contributed by atoms with E-state index in [9.17, 15) is 14.7 Å². The third kappa shape index (κ3) is 4.14. The molecule has 3 aromatic rings. The molecule has 146 valence electrons. The number of hydrogen-bond acceptors (Lipinski definition) is 4. The Bertz CT molecular complexity index is 1010. The van der Waals surface area contributed by atoms with Gasteiger partial charge in [-0.1, -0.05) is 54.6 Å². The first-order chi connectivity index (χ1) is 14.1. The van der Waals surface area contributed by atoms with E-state index in [1.54, 1.807) is 17.0 Å². The number of carboxylic acid groups (broad SMARTS) is 1. The molecule has 0 bridgehead atoms. The molecule has 1 aliphatic rings. The molecular formula is C24H21N2O3-. The fourth-order valence-corrected chi connectivity index (χ4v) is 3.62. The van der Waals surface area contributed by atoms with Gasteiger partial charge in [-0.15, -0.1) is 0 Å². The number of nitrogens with zero attached hydrogens (tertiary/aromatic N) is 2. The van der Waals surface area contributed by atoms with Crippen molar-refractivity contribution in [1.82, 2.24) is 4.90 Å². The highest BCUT2D eigenvalue weighted by molar-refractivity contribution is 5.97. The molecule has 1 heterocycles. The summed E-state index contributed by atoms with van der Waals surface area (Å²) in [6.07, 6.45) is 0. The van der Waals surface area contributed by atoms with Crippen molar-refractivity contribution in [1.29, 1.82) is 0 Å². The van der Waals surface area contributed by atoms with Crippen LogP contribution in [0.15, 0.2) is 78.9 Å². The zero-order valence-corrected chi connectivity index (χ0v) is 16.0. The molecule has 3 aromatic carbocycles.